The summed E-state index contributed by atoms with van der Waals surface area (Å²) in [4.78, 5) is 1.10. The molecular weight excluding hydrogens is 182 g/mol. The molecule has 0 aliphatic rings. The molecule has 1 aromatic carbocycles. The summed E-state index contributed by atoms with van der Waals surface area (Å²) in [6, 6.07) is 7.96. The van der Waals surface area contributed by atoms with Crippen molar-refractivity contribution in [3.63, 3.8) is 0 Å². The highest BCUT2D eigenvalue weighted by molar-refractivity contribution is 7.98. The fourth-order valence-corrected chi connectivity index (χ4v) is 1.63. The lowest BCUT2D eigenvalue weighted by Gasteiger charge is -2.06. The third kappa shape index (κ3) is 2.40. The van der Waals surface area contributed by atoms with Crippen LogP contribution in [0.25, 0.3) is 0 Å². The molecular formula is C10H11NOS. The van der Waals surface area contributed by atoms with E-state index in [1.807, 2.05) is 24.5 Å². The van der Waals surface area contributed by atoms with Crippen molar-refractivity contribution in [1.82, 2.24) is 0 Å². The van der Waals surface area contributed by atoms with E-state index in [-0.39, 0.29) is 0 Å². The lowest BCUT2D eigenvalue weighted by molar-refractivity contribution is 0.404. The first kappa shape index (κ1) is 9.94. The second kappa shape index (κ2) is 4.78. The highest BCUT2D eigenvalue weighted by Crippen LogP contribution is 2.28. The summed E-state index contributed by atoms with van der Waals surface area (Å²) in [7, 11) is 1.64. The maximum atomic E-state index is 8.51. The van der Waals surface area contributed by atoms with E-state index in [1.54, 1.807) is 18.9 Å². The van der Waals surface area contributed by atoms with E-state index in [0.29, 0.717) is 6.42 Å². The summed E-state index contributed by atoms with van der Waals surface area (Å²) < 4.78 is 5.19. The summed E-state index contributed by atoms with van der Waals surface area (Å²) in [6.45, 7) is 0. The number of nitrogens with zero attached hydrogens (tertiary/aromatic N) is 1. The van der Waals surface area contributed by atoms with Gasteiger partial charge in [-0.05, 0) is 24.0 Å². The van der Waals surface area contributed by atoms with E-state index in [0.717, 1.165) is 16.2 Å². The fourth-order valence-electron chi connectivity index (χ4n) is 1.08. The van der Waals surface area contributed by atoms with Crippen LogP contribution in [0, 0.1) is 11.3 Å². The van der Waals surface area contributed by atoms with E-state index in [2.05, 4.69) is 6.07 Å². The minimum atomic E-state index is 0.436. The Balaban J connectivity index is 3.00. The Morgan fingerprint density at radius 2 is 2.31 bits per heavy atom. The zero-order chi connectivity index (χ0) is 9.68. The average Bonchev–Trinajstić information content (AvgIpc) is 2.18. The van der Waals surface area contributed by atoms with Crippen molar-refractivity contribution in [2.75, 3.05) is 13.4 Å². The molecule has 0 aliphatic carbocycles. The van der Waals surface area contributed by atoms with Gasteiger partial charge < -0.3 is 4.74 Å². The Morgan fingerprint density at radius 1 is 1.54 bits per heavy atom. The second-order valence-corrected chi connectivity index (χ2v) is 3.37. The van der Waals surface area contributed by atoms with Crippen LogP contribution in [0.5, 0.6) is 5.75 Å². The molecule has 1 aromatic rings. The van der Waals surface area contributed by atoms with Gasteiger partial charge in [0.2, 0.25) is 0 Å². The quantitative estimate of drug-likeness (QED) is 0.691. The van der Waals surface area contributed by atoms with Crippen molar-refractivity contribution in [3.8, 4) is 11.8 Å². The minimum absolute atomic E-state index is 0.436. The van der Waals surface area contributed by atoms with Gasteiger partial charge >= 0.3 is 0 Å². The molecule has 0 bridgehead atoms. The molecule has 0 N–H and O–H groups in total. The first-order chi connectivity index (χ1) is 6.31. The predicted molar refractivity (Wildman–Crippen MR) is 54.1 cm³/mol. The van der Waals surface area contributed by atoms with E-state index in [1.165, 1.54) is 0 Å². The number of nitriles is 1. The summed E-state index contributed by atoms with van der Waals surface area (Å²) in [5.41, 5.74) is 0.997. The molecule has 0 unspecified atom stereocenters. The van der Waals surface area contributed by atoms with Crippen LogP contribution in [-0.4, -0.2) is 13.4 Å². The van der Waals surface area contributed by atoms with Gasteiger partial charge in [0.25, 0.3) is 0 Å². The standard InChI is InChI=1S/C10H11NOS/c1-12-9-7-8(5-6-11)3-4-10(9)13-2/h3-4,7H,5H2,1-2H3. The fraction of sp³-hybridized carbons (Fsp3) is 0.300. The van der Waals surface area contributed by atoms with Gasteiger partial charge in [0.05, 0.1) is 19.6 Å². The Kier molecular flexibility index (Phi) is 3.66. The van der Waals surface area contributed by atoms with Crippen molar-refractivity contribution >= 4 is 11.8 Å². The molecule has 0 heterocycles. The average molecular weight is 193 g/mol. The zero-order valence-corrected chi connectivity index (χ0v) is 8.52. The molecule has 0 saturated carbocycles. The normalized spacial score (nSPS) is 9.31. The summed E-state index contributed by atoms with van der Waals surface area (Å²) in [6.07, 6.45) is 2.44. The highest BCUT2D eigenvalue weighted by Gasteiger charge is 2.02. The van der Waals surface area contributed by atoms with Crippen LogP contribution in [0.4, 0.5) is 0 Å². The smallest absolute Gasteiger partial charge is 0.132 e. The summed E-state index contributed by atoms with van der Waals surface area (Å²) in [5.74, 6) is 0.847. The van der Waals surface area contributed by atoms with Gasteiger partial charge in [0, 0.05) is 4.90 Å². The first-order valence-electron chi connectivity index (χ1n) is 3.89. The van der Waals surface area contributed by atoms with Crippen LogP contribution >= 0.6 is 11.8 Å². The van der Waals surface area contributed by atoms with Crippen molar-refractivity contribution in [2.45, 2.75) is 11.3 Å². The van der Waals surface area contributed by atoms with Crippen molar-refractivity contribution < 1.29 is 4.74 Å². The number of thioether (sulfide) groups is 1. The molecule has 3 heteroatoms. The second-order valence-electron chi connectivity index (χ2n) is 2.52. The molecule has 68 valence electrons. The summed E-state index contributed by atoms with van der Waals surface area (Å²) >= 11 is 1.64. The Morgan fingerprint density at radius 3 is 2.85 bits per heavy atom. The Bertz CT molecular complexity index is 330. The number of hydrogen-bond donors (Lipinski definition) is 0. The maximum absolute atomic E-state index is 8.51. The van der Waals surface area contributed by atoms with Crippen molar-refractivity contribution in [3.05, 3.63) is 23.8 Å². The van der Waals surface area contributed by atoms with Crippen molar-refractivity contribution in [2.24, 2.45) is 0 Å². The zero-order valence-electron chi connectivity index (χ0n) is 7.70. The van der Waals surface area contributed by atoms with Gasteiger partial charge in [-0.1, -0.05) is 6.07 Å². The Labute approximate surface area is 82.5 Å². The lowest BCUT2D eigenvalue weighted by atomic mass is 10.1. The Hall–Kier alpha value is -1.14. The highest BCUT2D eigenvalue weighted by atomic mass is 32.2. The van der Waals surface area contributed by atoms with E-state index in [4.69, 9.17) is 10.00 Å². The van der Waals surface area contributed by atoms with Gasteiger partial charge in [0.15, 0.2) is 0 Å². The van der Waals surface area contributed by atoms with E-state index in [9.17, 15) is 0 Å². The molecule has 13 heavy (non-hydrogen) atoms. The van der Waals surface area contributed by atoms with Crippen LogP contribution in [0.2, 0.25) is 0 Å². The van der Waals surface area contributed by atoms with Crippen LogP contribution in [-0.2, 0) is 6.42 Å². The molecule has 0 atom stereocenters. The monoisotopic (exact) mass is 193 g/mol. The van der Waals surface area contributed by atoms with Gasteiger partial charge in [-0.3, -0.25) is 0 Å². The SMILES string of the molecule is COc1cc(CC#N)ccc1SC. The van der Waals surface area contributed by atoms with Crippen molar-refractivity contribution in [1.29, 1.82) is 5.26 Å². The molecule has 0 aliphatic heterocycles. The molecule has 0 saturated heterocycles. The molecule has 0 fully saturated rings. The number of ether oxygens (including phenoxy) is 1. The summed E-state index contributed by atoms with van der Waals surface area (Å²) in [5, 5.41) is 8.51. The largest absolute Gasteiger partial charge is 0.496 e. The first-order valence-corrected chi connectivity index (χ1v) is 5.12. The van der Waals surface area contributed by atoms with E-state index < -0.39 is 0 Å². The van der Waals surface area contributed by atoms with Gasteiger partial charge in [-0.2, -0.15) is 5.26 Å². The number of methoxy groups -OCH3 is 1. The maximum Gasteiger partial charge on any atom is 0.132 e. The molecule has 0 aromatic heterocycles. The molecule has 0 amide bonds. The predicted octanol–water partition coefficient (Wildman–Crippen LogP) is 2.48. The third-order valence-corrected chi connectivity index (χ3v) is 2.51. The van der Waals surface area contributed by atoms with Gasteiger partial charge in [-0.15, -0.1) is 11.8 Å². The van der Waals surface area contributed by atoms with Gasteiger partial charge in [0.1, 0.15) is 5.75 Å². The molecule has 0 spiro atoms. The van der Waals surface area contributed by atoms with Crippen LogP contribution in [0.1, 0.15) is 5.56 Å². The lowest BCUT2D eigenvalue weighted by Crippen LogP contribution is -1.88. The molecule has 2 nitrogen and oxygen atoms in total. The van der Waals surface area contributed by atoms with Crippen LogP contribution in [0.15, 0.2) is 23.1 Å². The van der Waals surface area contributed by atoms with E-state index >= 15 is 0 Å². The van der Waals surface area contributed by atoms with Crippen LogP contribution in [0.3, 0.4) is 0 Å². The van der Waals surface area contributed by atoms with Crippen LogP contribution < -0.4 is 4.74 Å². The van der Waals surface area contributed by atoms with Gasteiger partial charge in [-0.25, -0.2) is 0 Å². The molecule has 1 rings (SSSR count). The number of rotatable bonds is 3. The minimum Gasteiger partial charge on any atom is -0.496 e. The molecule has 0 radical (unpaired) electrons. The topological polar surface area (TPSA) is 33.0 Å². The number of hydrogen-bond acceptors (Lipinski definition) is 3. The number of benzene rings is 1. The third-order valence-electron chi connectivity index (χ3n) is 1.73.